The molecular formula is C25H34N2O6. The lowest BCUT2D eigenvalue weighted by molar-refractivity contribution is -0.155. The van der Waals surface area contributed by atoms with Crippen molar-refractivity contribution in [2.24, 2.45) is 11.8 Å². The van der Waals surface area contributed by atoms with E-state index in [9.17, 15) is 19.5 Å². The topological polar surface area (TPSA) is 105 Å². The molecule has 3 saturated heterocycles. The lowest BCUT2D eigenvalue weighted by atomic mass is 9.71. The van der Waals surface area contributed by atoms with Crippen LogP contribution in [0.4, 0.5) is 0 Å². The first-order valence-corrected chi connectivity index (χ1v) is 12.1. The highest BCUT2D eigenvalue weighted by atomic mass is 16.6. The van der Waals surface area contributed by atoms with E-state index in [0.29, 0.717) is 25.8 Å². The second kappa shape index (κ2) is 9.81. The molecule has 2 unspecified atom stereocenters. The van der Waals surface area contributed by atoms with Crippen LogP contribution in [0.25, 0.3) is 0 Å². The van der Waals surface area contributed by atoms with E-state index >= 15 is 0 Å². The van der Waals surface area contributed by atoms with Gasteiger partial charge in [-0.25, -0.2) is 0 Å². The summed E-state index contributed by atoms with van der Waals surface area (Å²) in [5.74, 6) is -2.53. The molecule has 0 aromatic heterocycles. The van der Waals surface area contributed by atoms with Crippen LogP contribution in [0.1, 0.15) is 45.1 Å². The van der Waals surface area contributed by atoms with Crippen molar-refractivity contribution in [3.05, 3.63) is 35.9 Å². The summed E-state index contributed by atoms with van der Waals surface area (Å²) in [5, 5.41) is 13.3. The summed E-state index contributed by atoms with van der Waals surface area (Å²) < 4.78 is 11.6. The van der Waals surface area contributed by atoms with E-state index < -0.39 is 41.6 Å². The lowest BCUT2D eigenvalue weighted by Gasteiger charge is -2.36. The number of amides is 2. The number of nitrogens with one attached hydrogen (secondary N) is 1. The minimum atomic E-state index is -1.07. The average Bonchev–Trinajstić information content (AvgIpc) is 3.46. The number of carbonyl (C=O) groups excluding carboxylic acids is 3. The van der Waals surface area contributed by atoms with Crippen LogP contribution in [0, 0.1) is 11.8 Å². The van der Waals surface area contributed by atoms with Crippen LogP contribution >= 0.6 is 0 Å². The Morgan fingerprint density at radius 2 is 2.06 bits per heavy atom. The van der Waals surface area contributed by atoms with Crippen molar-refractivity contribution in [2.75, 3.05) is 19.8 Å². The molecule has 0 radical (unpaired) electrons. The largest absolute Gasteiger partial charge is 0.466 e. The third-order valence-electron chi connectivity index (χ3n) is 7.29. The molecule has 2 bridgehead atoms. The molecule has 3 aliphatic rings. The van der Waals surface area contributed by atoms with Crippen LogP contribution in [-0.4, -0.2) is 71.3 Å². The molecule has 2 amide bonds. The van der Waals surface area contributed by atoms with Crippen LogP contribution in [-0.2, 0) is 30.3 Å². The summed E-state index contributed by atoms with van der Waals surface area (Å²) in [7, 11) is 0. The summed E-state index contributed by atoms with van der Waals surface area (Å²) in [6.45, 7) is 4.20. The Balaban J connectivity index is 1.70. The van der Waals surface area contributed by atoms with Gasteiger partial charge in [0.1, 0.15) is 11.6 Å². The van der Waals surface area contributed by atoms with E-state index in [-0.39, 0.29) is 25.0 Å². The number of hydrogen-bond donors (Lipinski definition) is 2. The van der Waals surface area contributed by atoms with Crippen molar-refractivity contribution in [1.29, 1.82) is 0 Å². The van der Waals surface area contributed by atoms with Crippen molar-refractivity contribution >= 4 is 17.8 Å². The number of esters is 1. The smallest absolute Gasteiger partial charge is 0.312 e. The number of aliphatic hydroxyl groups is 1. The van der Waals surface area contributed by atoms with E-state index in [1.54, 1.807) is 6.92 Å². The number of benzene rings is 1. The third kappa shape index (κ3) is 4.04. The summed E-state index contributed by atoms with van der Waals surface area (Å²) in [6, 6.07) is 8.08. The monoisotopic (exact) mass is 458 g/mol. The molecule has 6 atom stereocenters. The molecular weight excluding hydrogens is 424 g/mol. The quantitative estimate of drug-likeness (QED) is 0.406. The minimum Gasteiger partial charge on any atom is -0.466 e. The van der Waals surface area contributed by atoms with Crippen molar-refractivity contribution in [3.8, 4) is 0 Å². The van der Waals surface area contributed by atoms with Gasteiger partial charge in [0.15, 0.2) is 0 Å². The van der Waals surface area contributed by atoms with Crippen LogP contribution in [0.15, 0.2) is 30.3 Å². The number of hydrogen-bond acceptors (Lipinski definition) is 6. The highest BCUT2D eigenvalue weighted by molar-refractivity contribution is 5.98. The maximum atomic E-state index is 13.9. The summed E-state index contributed by atoms with van der Waals surface area (Å²) in [6.07, 6.45) is 2.85. The van der Waals surface area contributed by atoms with Gasteiger partial charge in [-0.1, -0.05) is 43.7 Å². The molecule has 8 nitrogen and oxygen atoms in total. The van der Waals surface area contributed by atoms with E-state index in [4.69, 9.17) is 9.47 Å². The number of fused-ring (bicyclic) bond motifs is 1. The van der Waals surface area contributed by atoms with Crippen molar-refractivity contribution < 1.29 is 29.0 Å². The van der Waals surface area contributed by atoms with Crippen LogP contribution < -0.4 is 5.32 Å². The minimum absolute atomic E-state index is 0.216. The molecule has 3 heterocycles. The Morgan fingerprint density at radius 3 is 2.73 bits per heavy atom. The van der Waals surface area contributed by atoms with Crippen LogP contribution in [0.2, 0.25) is 0 Å². The average molecular weight is 459 g/mol. The van der Waals surface area contributed by atoms with Gasteiger partial charge < -0.3 is 24.8 Å². The number of unbranched alkanes of at least 4 members (excludes halogenated alkanes) is 1. The zero-order valence-electron chi connectivity index (χ0n) is 19.4. The molecule has 33 heavy (non-hydrogen) atoms. The Kier molecular flexibility index (Phi) is 7.05. The third-order valence-corrected chi connectivity index (χ3v) is 7.29. The highest BCUT2D eigenvalue weighted by Gasteiger charge is 2.75. The maximum absolute atomic E-state index is 13.9. The highest BCUT2D eigenvalue weighted by Crippen LogP contribution is 2.59. The molecule has 180 valence electrons. The first kappa shape index (κ1) is 23.7. The van der Waals surface area contributed by atoms with Gasteiger partial charge >= 0.3 is 5.97 Å². The Hall–Kier alpha value is -2.45. The van der Waals surface area contributed by atoms with Gasteiger partial charge in [-0.15, -0.1) is 0 Å². The van der Waals surface area contributed by atoms with E-state index in [1.165, 1.54) is 4.90 Å². The van der Waals surface area contributed by atoms with Gasteiger partial charge in [-0.3, -0.25) is 14.4 Å². The standard InChI is InChI=1S/C25H34N2O6/c1-3-5-13-26-22(29)21-25-12-11-18(33-25)19(24(31)32-4-2)20(25)23(30)27(21)17(15-28)14-16-9-7-6-8-10-16/h6-10,17-21,28H,3-5,11-15H2,1-2H3,(H,26,29)/t17-,18+,19-,20+,21?,25?/m1/s1. The fraction of sp³-hybridized carbons (Fsp3) is 0.640. The molecule has 1 aromatic rings. The van der Waals surface area contributed by atoms with Crippen LogP contribution in [0.5, 0.6) is 0 Å². The summed E-state index contributed by atoms with van der Waals surface area (Å²) in [5.41, 5.74) is -0.115. The molecule has 0 saturated carbocycles. The molecule has 2 N–H and O–H groups in total. The second-order valence-electron chi connectivity index (χ2n) is 9.22. The predicted molar refractivity (Wildman–Crippen MR) is 120 cm³/mol. The molecule has 4 rings (SSSR count). The lowest BCUT2D eigenvalue weighted by Crippen LogP contribution is -2.58. The second-order valence-corrected chi connectivity index (χ2v) is 9.22. The van der Waals surface area contributed by atoms with Gasteiger partial charge in [-0.05, 0) is 38.2 Å². The number of likely N-dealkylation sites (tertiary alicyclic amines) is 1. The molecule has 8 heteroatoms. The zero-order valence-corrected chi connectivity index (χ0v) is 19.4. The summed E-state index contributed by atoms with van der Waals surface area (Å²) in [4.78, 5) is 41.7. The SMILES string of the molecule is CCCCNC(=O)C1N([C@@H](CO)Cc2ccccc2)C(=O)[C@@H]2[C@H](C(=O)OCC)[C@@H]3CCC12O3. The molecule has 3 fully saturated rings. The van der Waals surface area contributed by atoms with Gasteiger partial charge in [0, 0.05) is 6.54 Å². The first-order chi connectivity index (χ1) is 16.0. The normalized spacial score (nSPS) is 30.9. The fourth-order valence-electron chi connectivity index (χ4n) is 5.91. The summed E-state index contributed by atoms with van der Waals surface area (Å²) >= 11 is 0. The van der Waals surface area contributed by atoms with Crippen molar-refractivity contribution in [1.82, 2.24) is 10.2 Å². The zero-order chi connectivity index (χ0) is 23.6. The Bertz CT molecular complexity index is 877. The van der Waals surface area contributed by atoms with Gasteiger partial charge in [0.2, 0.25) is 11.8 Å². The van der Waals surface area contributed by atoms with Gasteiger partial charge in [0.05, 0.1) is 37.2 Å². The number of rotatable bonds is 10. The number of aliphatic hydroxyl groups excluding tert-OH is 1. The van der Waals surface area contributed by atoms with Gasteiger partial charge in [-0.2, -0.15) is 0 Å². The molecule has 1 aromatic carbocycles. The first-order valence-electron chi connectivity index (χ1n) is 12.1. The van der Waals surface area contributed by atoms with Crippen LogP contribution in [0.3, 0.4) is 0 Å². The van der Waals surface area contributed by atoms with Gasteiger partial charge in [0.25, 0.3) is 0 Å². The Labute approximate surface area is 194 Å². The van der Waals surface area contributed by atoms with E-state index in [1.807, 2.05) is 37.3 Å². The van der Waals surface area contributed by atoms with E-state index in [2.05, 4.69) is 5.32 Å². The van der Waals surface area contributed by atoms with Crippen molar-refractivity contribution in [3.63, 3.8) is 0 Å². The fourth-order valence-corrected chi connectivity index (χ4v) is 5.91. The predicted octanol–water partition coefficient (Wildman–Crippen LogP) is 1.44. The van der Waals surface area contributed by atoms with Crippen molar-refractivity contribution in [2.45, 2.75) is 69.7 Å². The molecule has 3 aliphatic heterocycles. The number of nitrogens with zero attached hydrogens (tertiary/aromatic N) is 1. The van der Waals surface area contributed by atoms with E-state index in [0.717, 1.165) is 18.4 Å². The number of carbonyl (C=O) groups is 3. The number of ether oxygens (including phenoxy) is 2. The molecule has 1 spiro atoms. The Morgan fingerprint density at radius 1 is 1.30 bits per heavy atom. The maximum Gasteiger partial charge on any atom is 0.312 e. The molecule has 0 aliphatic carbocycles.